The molecule has 1 aromatic carbocycles. The molecular weight excluding hydrogens is 472 g/mol. The lowest BCUT2D eigenvalue weighted by Crippen LogP contribution is -2.02. The van der Waals surface area contributed by atoms with Crippen LogP contribution in [0, 0.1) is 0 Å². The van der Waals surface area contributed by atoms with Crippen LogP contribution >= 0.6 is 0 Å². The van der Waals surface area contributed by atoms with E-state index in [1.165, 1.54) is 142 Å². The van der Waals surface area contributed by atoms with E-state index < -0.39 is 0 Å². The Kier molecular flexibility index (Phi) is 22.7. The second-order valence-electron chi connectivity index (χ2n) is 10.9. The van der Waals surface area contributed by atoms with Crippen molar-refractivity contribution in [2.24, 2.45) is 0 Å². The molecule has 1 rings (SSSR count). The molecule has 0 aromatic heterocycles. The molecule has 38 heavy (non-hydrogen) atoms. The van der Waals surface area contributed by atoms with Gasteiger partial charge in [0.25, 0.3) is 0 Å². The van der Waals surface area contributed by atoms with Gasteiger partial charge in [-0.25, -0.2) is 4.79 Å². The summed E-state index contributed by atoms with van der Waals surface area (Å²) in [4.78, 5) is 11.9. The van der Waals surface area contributed by atoms with Gasteiger partial charge in [-0.2, -0.15) is 0 Å². The summed E-state index contributed by atoms with van der Waals surface area (Å²) >= 11 is 0. The van der Waals surface area contributed by atoms with Crippen LogP contribution in [0.5, 0.6) is 11.5 Å². The van der Waals surface area contributed by atoms with E-state index in [1.807, 2.05) is 0 Å². The van der Waals surface area contributed by atoms with Crippen molar-refractivity contribution < 1.29 is 19.4 Å². The van der Waals surface area contributed by atoms with Crippen LogP contribution in [0.2, 0.25) is 0 Å². The van der Waals surface area contributed by atoms with Crippen LogP contribution in [0.4, 0.5) is 0 Å². The van der Waals surface area contributed by atoms with Crippen LogP contribution in [-0.2, 0) is 9.53 Å². The summed E-state index contributed by atoms with van der Waals surface area (Å²) in [6.45, 7) is 2.76. The zero-order valence-electron chi connectivity index (χ0n) is 24.8. The molecule has 0 radical (unpaired) electrons. The average molecular weight is 531 g/mol. The molecule has 1 aromatic rings. The maximum Gasteiger partial charge on any atom is 0.330 e. The molecule has 0 spiro atoms. The molecule has 0 aliphatic rings. The van der Waals surface area contributed by atoms with Gasteiger partial charge in [0.05, 0.1) is 13.7 Å². The van der Waals surface area contributed by atoms with Crippen molar-refractivity contribution in [1.29, 1.82) is 0 Å². The molecule has 218 valence electrons. The maximum atomic E-state index is 11.9. The molecule has 0 bridgehead atoms. The summed E-state index contributed by atoms with van der Waals surface area (Å²) in [6, 6.07) is 4.95. The van der Waals surface area contributed by atoms with E-state index in [2.05, 4.69) is 6.92 Å². The number of hydrogen-bond donors (Lipinski definition) is 1. The first kappa shape index (κ1) is 34.1. The molecule has 1 N–H and O–H groups in total. The first-order chi connectivity index (χ1) is 18.7. The average Bonchev–Trinajstić information content (AvgIpc) is 2.93. The third-order valence-electron chi connectivity index (χ3n) is 7.36. The highest BCUT2D eigenvalue weighted by molar-refractivity contribution is 5.87. The van der Waals surface area contributed by atoms with Gasteiger partial charge in [-0.05, 0) is 30.2 Å². The van der Waals surface area contributed by atoms with Crippen molar-refractivity contribution in [1.82, 2.24) is 0 Å². The number of methoxy groups -OCH3 is 1. The van der Waals surface area contributed by atoms with Gasteiger partial charge >= 0.3 is 5.97 Å². The number of unbranched alkanes of at least 4 members (excludes halogenated alkanes) is 21. The molecule has 0 aliphatic heterocycles. The minimum Gasteiger partial charge on any atom is -0.504 e. The quantitative estimate of drug-likeness (QED) is 0.0735. The first-order valence-electron chi connectivity index (χ1n) is 15.9. The molecule has 0 saturated heterocycles. The molecule has 0 atom stereocenters. The SMILES string of the molecule is CCCCCCCCCCCCCCCCCCCCCCCCOC(=O)/C=C/c1ccc(O)c(OC)c1. The van der Waals surface area contributed by atoms with Gasteiger partial charge in [0.2, 0.25) is 0 Å². The largest absolute Gasteiger partial charge is 0.504 e. The Hall–Kier alpha value is -1.97. The van der Waals surface area contributed by atoms with Crippen LogP contribution in [0.15, 0.2) is 24.3 Å². The molecule has 4 heteroatoms. The lowest BCUT2D eigenvalue weighted by atomic mass is 10.0. The molecule has 0 aliphatic carbocycles. The number of ether oxygens (including phenoxy) is 2. The summed E-state index contributed by atoms with van der Waals surface area (Å²) in [5.41, 5.74) is 0.779. The number of carbonyl (C=O) groups is 1. The van der Waals surface area contributed by atoms with Gasteiger partial charge in [-0.15, -0.1) is 0 Å². The van der Waals surface area contributed by atoms with Crippen molar-refractivity contribution in [2.45, 2.75) is 148 Å². The smallest absolute Gasteiger partial charge is 0.330 e. The Morgan fingerprint density at radius 2 is 1.11 bits per heavy atom. The van der Waals surface area contributed by atoms with Crippen LogP contribution < -0.4 is 4.74 Å². The topological polar surface area (TPSA) is 55.8 Å². The monoisotopic (exact) mass is 530 g/mol. The molecule has 0 amide bonds. The van der Waals surface area contributed by atoms with Gasteiger partial charge in [0, 0.05) is 6.08 Å². The highest BCUT2D eigenvalue weighted by atomic mass is 16.5. The lowest BCUT2D eigenvalue weighted by Gasteiger charge is -2.05. The normalized spacial score (nSPS) is 11.3. The van der Waals surface area contributed by atoms with Crippen molar-refractivity contribution in [3.8, 4) is 11.5 Å². The van der Waals surface area contributed by atoms with Crippen LogP contribution in [0.25, 0.3) is 6.08 Å². The molecule has 0 unspecified atom stereocenters. The number of aromatic hydroxyl groups is 1. The van der Waals surface area contributed by atoms with Crippen LogP contribution in [0.1, 0.15) is 154 Å². The fourth-order valence-corrected chi connectivity index (χ4v) is 4.89. The fraction of sp³-hybridized carbons (Fsp3) is 0.735. The zero-order chi connectivity index (χ0) is 27.5. The standard InChI is InChI=1S/C34H58O4/c1-3-4-5-6-7-8-9-10-11-12-13-14-15-16-17-18-19-20-21-22-23-24-29-38-34(36)28-26-31-25-27-32(35)33(30-31)37-2/h25-28,30,35H,3-24,29H2,1-2H3/b28-26+. The Morgan fingerprint density at radius 1 is 0.684 bits per heavy atom. The van der Waals surface area contributed by atoms with E-state index in [4.69, 9.17) is 9.47 Å². The van der Waals surface area contributed by atoms with E-state index in [0.717, 1.165) is 18.4 Å². The molecule has 0 saturated carbocycles. The zero-order valence-corrected chi connectivity index (χ0v) is 24.8. The Labute approximate surface area is 234 Å². The molecular formula is C34H58O4. The lowest BCUT2D eigenvalue weighted by molar-refractivity contribution is -0.137. The van der Waals surface area contributed by atoms with Gasteiger partial charge < -0.3 is 14.6 Å². The fourth-order valence-electron chi connectivity index (χ4n) is 4.89. The van der Waals surface area contributed by atoms with Gasteiger partial charge in [0.1, 0.15) is 0 Å². The highest BCUT2D eigenvalue weighted by Crippen LogP contribution is 2.26. The van der Waals surface area contributed by atoms with Crippen molar-refractivity contribution in [3.05, 3.63) is 29.8 Å². The van der Waals surface area contributed by atoms with Crippen LogP contribution in [-0.4, -0.2) is 24.8 Å². The number of esters is 1. The van der Waals surface area contributed by atoms with Crippen molar-refractivity contribution in [2.75, 3.05) is 13.7 Å². The second-order valence-corrected chi connectivity index (χ2v) is 10.9. The first-order valence-corrected chi connectivity index (χ1v) is 15.9. The summed E-state index contributed by atoms with van der Waals surface area (Å²) < 4.78 is 10.4. The minimum absolute atomic E-state index is 0.0808. The molecule has 4 nitrogen and oxygen atoms in total. The number of benzene rings is 1. The van der Waals surface area contributed by atoms with Gasteiger partial charge in [0.15, 0.2) is 11.5 Å². The predicted molar refractivity (Wildman–Crippen MR) is 162 cm³/mol. The minimum atomic E-state index is -0.333. The number of phenolic OH excluding ortho intramolecular Hbond substituents is 1. The van der Waals surface area contributed by atoms with Gasteiger partial charge in [-0.3, -0.25) is 0 Å². The number of phenols is 1. The van der Waals surface area contributed by atoms with E-state index in [-0.39, 0.29) is 11.7 Å². The predicted octanol–water partition coefficient (Wildman–Crippen LogP) is 10.6. The third-order valence-corrected chi connectivity index (χ3v) is 7.36. The second kappa shape index (κ2) is 25.3. The molecule has 0 heterocycles. The van der Waals surface area contributed by atoms with Gasteiger partial charge in [-0.1, -0.05) is 148 Å². The van der Waals surface area contributed by atoms with E-state index in [9.17, 15) is 9.90 Å². The Bertz CT molecular complexity index is 712. The third kappa shape index (κ3) is 20.1. The summed E-state index contributed by atoms with van der Waals surface area (Å²) in [7, 11) is 1.50. The summed E-state index contributed by atoms with van der Waals surface area (Å²) in [5, 5.41) is 9.62. The Morgan fingerprint density at radius 3 is 1.53 bits per heavy atom. The van der Waals surface area contributed by atoms with E-state index in [0.29, 0.717) is 12.4 Å². The summed E-state index contributed by atoms with van der Waals surface area (Å²) in [5.74, 6) is 0.133. The summed E-state index contributed by atoms with van der Waals surface area (Å²) in [6.07, 6.45) is 33.2. The number of carbonyl (C=O) groups excluding carboxylic acids is 1. The van der Waals surface area contributed by atoms with Crippen molar-refractivity contribution in [3.63, 3.8) is 0 Å². The van der Waals surface area contributed by atoms with E-state index in [1.54, 1.807) is 24.3 Å². The van der Waals surface area contributed by atoms with E-state index >= 15 is 0 Å². The Balaban J connectivity index is 1.79. The van der Waals surface area contributed by atoms with Crippen molar-refractivity contribution >= 4 is 12.0 Å². The maximum absolute atomic E-state index is 11.9. The molecule has 0 fully saturated rings. The highest BCUT2D eigenvalue weighted by Gasteiger charge is 2.02. The van der Waals surface area contributed by atoms with Crippen LogP contribution in [0.3, 0.4) is 0 Å². The number of rotatable bonds is 26. The number of hydrogen-bond acceptors (Lipinski definition) is 4.